The fraction of sp³-hybridized carbons (Fsp3) is 0.0714. The Hall–Kier alpha value is -2.18. The molecule has 0 saturated heterocycles. The zero-order chi connectivity index (χ0) is 15.0. The Morgan fingerprint density at radius 3 is 2.67 bits per heavy atom. The van der Waals surface area contributed by atoms with Gasteiger partial charge >= 0.3 is 5.97 Å². The van der Waals surface area contributed by atoms with Crippen LogP contribution in [0.5, 0.6) is 11.6 Å². The first-order valence-corrected chi connectivity index (χ1v) is 7.16. The molecule has 2 heterocycles. The molecule has 0 radical (unpaired) electrons. The number of rotatable bonds is 3. The third kappa shape index (κ3) is 2.55. The van der Waals surface area contributed by atoms with Gasteiger partial charge in [-0.1, -0.05) is 11.6 Å². The number of nitrogens with zero attached hydrogens (tertiary/aromatic N) is 2. The SMILES string of the molecule is Cc1c(C(=O)O)sc2ncnc(Oc3ccc(Cl)cc3)c12. The van der Waals surface area contributed by atoms with E-state index < -0.39 is 5.97 Å². The molecule has 5 nitrogen and oxygen atoms in total. The molecule has 0 aliphatic carbocycles. The van der Waals surface area contributed by atoms with Gasteiger partial charge in [0, 0.05) is 5.02 Å². The number of aromatic nitrogens is 2. The van der Waals surface area contributed by atoms with Crippen LogP contribution < -0.4 is 4.74 Å². The number of aryl methyl sites for hydroxylation is 1. The Labute approximate surface area is 128 Å². The lowest BCUT2D eigenvalue weighted by molar-refractivity contribution is 0.0701. The minimum atomic E-state index is -0.979. The number of halogens is 1. The van der Waals surface area contributed by atoms with Crippen LogP contribution in [0.3, 0.4) is 0 Å². The summed E-state index contributed by atoms with van der Waals surface area (Å²) in [6.07, 6.45) is 1.36. The van der Waals surface area contributed by atoms with E-state index in [1.54, 1.807) is 31.2 Å². The van der Waals surface area contributed by atoms with Gasteiger partial charge in [-0.05, 0) is 36.8 Å². The molecule has 1 aromatic carbocycles. The Morgan fingerprint density at radius 2 is 2.00 bits per heavy atom. The van der Waals surface area contributed by atoms with Crippen LogP contribution in [0.2, 0.25) is 5.02 Å². The van der Waals surface area contributed by atoms with E-state index in [0.29, 0.717) is 32.4 Å². The van der Waals surface area contributed by atoms with Crippen LogP contribution in [0.25, 0.3) is 10.2 Å². The molecule has 7 heteroatoms. The van der Waals surface area contributed by atoms with E-state index >= 15 is 0 Å². The Bertz CT molecular complexity index is 830. The average Bonchev–Trinajstić information content (AvgIpc) is 2.80. The second-order valence-corrected chi connectivity index (χ2v) is 5.71. The van der Waals surface area contributed by atoms with Crippen molar-refractivity contribution in [3.8, 4) is 11.6 Å². The number of aromatic carboxylic acids is 1. The summed E-state index contributed by atoms with van der Waals surface area (Å²) >= 11 is 6.94. The zero-order valence-electron chi connectivity index (χ0n) is 10.8. The topological polar surface area (TPSA) is 72.3 Å². The summed E-state index contributed by atoms with van der Waals surface area (Å²) in [7, 11) is 0. The molecule has 0 bridgehead atoms. The van der Waals surface area contributed by atoms with Crippen LogP contribution in [-0.4, -0.2) is 21.0 Å². The van der Waals surface area contributed by atoms with Crippen LogP contribution in [0.15, 0.2) is 30.6 Å². The van der Waals surface area contributed by atoms with E-state index in [9.17, 15) is 9.90 Å². The van der Waals surface area contributed by atoms with Gasteiger partial charge in [0.05, 0.1) is 5.39 Å². The van der Waals surface area contributed by atoms with Gasteiger partial charge < -0.3 is 9.84 Å². The Morgan fingerprint density at radius 1 is 1.29 bits per heavy atom. The van der Waals surface area contributed by atoms with E-state index in [0.717, 1.165) is 11.3 Å². The van der Waals surface area contributed by atoms with Gasteiger partial charge in [-0.2, -0.15) is 0 Å². The highest BCUT2D eigenvalue weighted by atomic mass is 35.5. The molecular formula is C14H9ClN2O3S. The number of hydrogen-bond donors (Lipinski definition) is 1. The molecule has 2 aromatic heterocycles. The highest BCUT2D eigenvalue weighted by Gasteiger charge is 2.19. The van der Waals surface area contributed by atoms with Crippen molar-refractivity contribution in [1.29, 1.82) is 0 Å². The van der Waals surface area contributed by atoms with Crippen LogP contribution in [-0.2, 0) is 0 Å². The van der Waals surface area contributed by atoms with Crippen LogP contribution in [0.1, 0.15) is 15.2 Å². The van der Waals surface area contributed by atoms with Crippen molar-refractivity contribution < 1.29 is 14.6 Å². The van der Waals surface area contributed by atoms with Gasteiger partial charge in [-0.15, -0.1) is 11.3 Å². The van der Waals surface area contributed by atoms with Crippen LogP contribution in [0, 0.1) is 6.92 Å². The van der Waals surface area contributed by atoms with Gasteiger partial charge in [0.15, 0.2) is 0 Å². The van der Waals surface area contributed by atoms with E-state index in [4.69, 9.17) is 16.3 Å². The van der Waals surface area contributed by atoms with E-state index in [1.165, 1.54) is 6.33 Å². The maximum atomic E-state index is 11.2. The maximum absolute atomic E-state index is 11.2. The number of carbonyl (C=O) groups is 1. The summed E-state index contributed by atoms with van der Waals surface area (Å²) in [4.78, 5) is 20.2. The smallest absolute Gasteiger partial charge is 0.346 e. The van der Waals surface area contributed by atoms with Gasteiger partial charge in [-0.3, -0.25) is 0 Å². The van der Waals surface area contributed by atoms with Gasteiger partial charge in [0.25, 0.3) is 0 Å². The molecule has 0 fully saturated rings. The molecule has 0 saturated carbocycles. The van der Waals surface area contributed by atoms with Crippen LogP contribution >= 0.6 is 22.9 Å². The van der Waals surface area contributed by atoms with E-state index in [1.807, 2.05) is 0 Å². The summed E-state index contributed by atoms with van der Waals surface area (Å²) in [5, 5.41) is 10.4. The quantitative estimate of drug-likeness (QED) is 0.785. The van der Waals surface area contributed by atoms with Crippen molar-refractivity contribution in [2.45, 2.75) is 6.92 Å². The average molecular weight is 321 g/mol. The number of ether oxygens (including phenoxy) is 1. The van der Waals surface area contributed by atoms with Gasteiger partial charge in [0.1, 0.15) is 21.8 Å². The highest BCUT2D eigenvalue weighted by molar-refractivity contribution is 7.20. The Balaban J connectivity index is 2.10. The summed E-state index contributed by atoms with van der Waals surface area (Å²) in [5.41, 5.74) is 0.604. The molecule has 106 valence electrons. The number of carboxylic acid groups (broad SMARTS) is 1. The van der Waals surface area contributed by atoms with Crippen molar-refractivity contribution >= 4 is 39.1 Å². The minimum absolute atomic E-state index is 0.242. The second-order valence-electron chi connectivity index (χ2n) is 4.28. The molecule has 21 heavy (non-hydrogen) atoms. The molecule has 0 aliphatic rings. The summed E-state index contributed by atoms with van der Waals surface area (Å²) in [6.45, 7) is 1.72. The zero-order valence-corrected chi connectivity index (χ0v) is 12.4. The number of carboxylic acids is 1. The predicted octanol–water partition coefficient (Wildman–Crippen LogP) is 4.14. The number of thiophene rings is 1. The third-order valence-electron chi connectivity index (χ3n) is 2.91. The standard InChI is InChI=1S/C14H9ClN2O3S/c1-7-10-12(20-9-4-2-8(15)3-5-9)16-6-17-13(10)21-11(7)14(18)19/h2-6H,1H3,(H,18,19). The van der Waals surface area contributed by atoms with E-state index in [2.05, 4.69) is 9.97 Å². The third-order valence-corrected chi connectivity index (χ3v) is 4.35. The Kier molecular flexibility index (Phi) is 3.48. The molecule has 0 aliphatic heterocycles. The van der Waals surface area contributed by atoms with Crippen molar-refractivity contribution in [2.75, 3.05) is 0 Å². The number of hydrogen-bond acceptors (Lipinski definition) is 5. The lowest BCUT2D eigenvalue weighted by Gasteiger charge is -2.06. The first-order valence-electron chi connectivity index (χ1n) is 5.97. The summed E-state index contributed by atoms with van der Waals surface area (Å²) in [5.74, 6) is -0.0709. The normalized spacial score (nSPS) is 10.8. The molecule has 1 N–H and O–H groups in total. The van der Waals surface area contributed by atoms with Crippen molar-refractivity contribution in [3.63, 3.8) is 0 Å². The lowest BCUT2D eigenvalue weighted by Crippen LogP contribution is -1.95. The molecule has 0 unspecified atom stereocenters. The first kappa shape index (κ1) is 13.8. The molecule has 0 amide bonds. The fourth-order valence-electron chi connectivity index (χ4n) is 1.93. The molecule has 3 aromatic rings. The lowest BCUT2D eigenvalue weighted by atomic mass is 10.2. The van der Waals surface area contributed by atoms with Crippen molar-refractivity contribution in [3.05, 3.63) is 46.1 Å². The summed E-state index contributed by atoms with van der Waals surface area (Å²) < 4.78 is 5.72. The summed E-state index contributed by atoms with van der Waals surface area (Å²) in [6, 6.07) is 6.85. The van der Waals surface area contributed by atoms with E-state index in [-0.39, 0.29) is 4.88 Å². The second kappa shape index (κ2) is 5.31. The molecule has 0 atom stereocenters. The predicted molar refractivity (Wildman–Crippen MR) is 80.6 cm³/mol. The first-order chi connectivity index (χ1) is 10.1. The van der Waals surface area contributed by atoms with Crippen molar-refractivity contribution in [2.24, 2.45) is 0 Å². The minimum Gasteiger partial charge on any atom is -0.477 e. The van der Waals surface area contributed by atoms with Gasteiger partial charge in [0.2, 0.25) is 5.88 Å². The number of fused-ring (bicyclic) bond motifs is 1. The maximum Gasteiger partial charge on any atom is 0.346 e. The largest absolute Gasteiger partial charge is 0.477 e. The van der Waals surface area contributed by atoms with Crippen molar-refractivity contribution in [1.82, 2.24) is 9.97 Å². The molecule has 0 spiro atoms. The monoisotopic (exact) mass is 320 g/mol. The number of benzene rings is 1. The molecular weight excluding hydrogens is 312 g/mol. The molecule has 3 rings (SSSR count). The van der Waals surface area contributed by atoms with Crippen LogP contribution in [0.4, 0.5) is 0 Å². The fourth-order valence-corrected chi connectivity index (χ4v) is 3.04. The highest BCUT2D eigenvalue weighted by Crippen LogP contribution is 2.36. The van der Waals surface area contributed by atoms with Gasteiger partial charge in [-0.25, -0.2) is 14.8 Å².